The fourth-order valence-corrected chi connectivity index (χ4v) is 4.08. The Balaban J connectivity index is 1.51. The lowest BCUT2D eigenvalue weighted by atomic mass is 10.1. The minimum absolute atomic E-state index is 0.264. The average molecular weight is 420 g/mol. The number of hydrogen-bond donors (Lipinski definition) is 2. The van der Waals surface area contributed by atoms with E-state index in [1.807, 2.05) is 54.6 Å². The molecule has 0 bridgehead atoms. The predicted octanol–water partition coefficient (Wildman–Crippen LogP) is 4.97. The highest BCUT2D eigenvalue weighted by atomic mass is 32.1. The lowest BCUT2D eigenvalue weighted by Gasteiger charge is -2.30. The maximum absolute atomic E-state index is 12.9. The molecule has 0 saturated carbocycles. The van der Waals surface area contributed by atoms with Crippen molar-refractivity contribution in [2.24, 2.45) is 0 Å². The number of nitrogens with zero attached hydrogens (tertiary/aromatic N) is 1. The van der Waals surface area contributed by atoms with Gasteiger partial charge in [0, 0.05) is 13.1 Å². The van der Waals surface area contributed by atoms with E-state index in [9.17, 15) is 4.79 Å². The molecular weight excluding hydrogens is 394 g/mol. The zero-order valence-electron chi connectivity index (χ0n) is 17.0. The molecule has 0 unspecified atom stereocenters. The van der Waals surface area contributed by atoms with Crippen molar-refractivity contribution in [3.63, 3.8) is 0 Å². The number of piperidine rings is 1. The summed E-state index contributed by atoms with van der Waals surface area (Å²) in [5.74, 6) is 0.216. The minimum atomic E-state index is -0.300. The first-order valence-electron chi connectivity index (χ1n) is 10.2. The van der Waals surface area contributed by atoms with Crippen LogP contribution in [0.1, 0.15) is 29.6 Å². The predicted molar refractivity (Wildman–Crippen MR) is 127 cm³/mol. The van der Waals surface area contributed by atoms with Crippen LogP contribution in [0.25, 0.3) is 10.8 Å². The van der Waals surface area contributed by atoms with Crippen LogP contribution in [0, 0.1) is 0 Å². The van der Waals surface area contributed by atoms with E-state index in [2.05, 4.69) is 21.6 Å². The van der Waals surface area contributed by atoms with Gasteiger partial charge in [-0.1, -0.05) is 36.4 Å². The average Bonchev–Trinajstić information content (AvgIpc) is 2.79. The highest BCUT2D eigenvalue weighted by molar-refractivity contribution is 7.80. The largest absolute Gasteiger partial charge is 0.496 e. The Labute approximate surface area is 182 Å². The van der Waals surface area contributed by atoms with Crippen LogP contribution in [-0.4, -0.2) is 31.2 Å². The Hall–Kier alpha value is -3.12. The van der Waals surface area contributed by atoms with Gasteiger partial charge in [0.1, 0.15) is 5.75 Å². The van der Waals surface area contributed by atoms with E-state index in [0.717, 1.165) is 35.2 Å². The standard InChI is InChI=1S/C24H25N3O2S/c1-29-22-16-18-10-4-3-9-17(18)15-19(22)23(28)26-24(30)25-20-11-5-6-12-21(20)27-13-7-2-8-14-27/h3-6,9-12,15-16H,2,7-8,13-14H2,1H3,(H2,25,26,28,30). The number of benzene rings is 3. The number of rotatable bonds is 4. The molecule has 1 aliphatic rings. The number of para-hydroxylation sites is 2. The molecule has 3 aromatic carbocycles. The third-order valence-electron chi connectivity index (χ3n) is 5.39. The first-order chi connectivity index (χ1) is 14.7. The van der Waals surface area contributed by atoms with Gasteiger partial charge in [0.05, 0.1) is 24.0 Å². The molecule has 0 atom stereocenters. The molecule has 30 heavy (non-hydrogen) atoms. The number of thiocarbonyl (C=S) groups is 1. The summed E-state index contributed by atoms with van der Waals surface area (Å²) in [5.41, 5.74) is 2.46. The second-order valence-electron chi connectivity index (χ2n) is 7.37. The Kier molecular flexibility index (Phi) is 6.14. The van der Waals surface area contributed by atoms with Crippen LogP contribution in [-0.2, 0) is 0 Å². The second kappa shape index (κ2) is 9.13. The van der Waals surface area contributed by atoms with Crippen molar-refractivity contribution >= 4 is 45.4 Å². The van der Waals surface area contributed by atoms with Crippen molar-refractivity contribution in [3.8, 4) is 5.75 Å². The minimum Gasteiger partial charge on any atom is -0.496 e. The molecule has 1 fully saturated rings. The lowest BCUT2D eigenvalue weighted by molar-refractivity contribution is 0.0975. The molecule has 0 spiro atoms. The topological polar surface area (TPSA) is 53.6 Å². The molecule has 1 heterocycles. The normalized spacial score (nSPS) is 13.7. The van der Waals surface area contributed by atoms with Crippen molar-refractivity contribution in [1.82, 2.24) is 5.32 Å². The first kappa shape index (κ1) is 20.2. The molecule has 1 aliphatic heterocycles. The smallest absolute Gasteiger partial charge is 0.261 e. The fourth-order valence-electron chi connectivity index (χ4n) is 3.88. The van der Waals surface area contributed by atoms with Gasteiger partial charge in [-0.3, -0.25) is 10.1 Å². The molecule has 0 aliphatic carbocycles. The van der Waals surface area contributed by atoms with Gasteiger partial charge in [0.15, 0.2) is 5.11 Å². The van der Waals surface area contributed by atoms with Crippen molar-refractivity contribution in [2.75, 3.05) is 30.4 Å². The van der Waals surface area contributed by atoms with Gasteiger partial charge >= 0.3 is 0 Å². The third-order valence-corrected chi connectivity index (χ3v) is 5.59. The summed E-state index contributed by atoms with van der Waals surface area (Å²) >= 11 is 5.45. The van der Waals surface area contributed by atoms with E-state index in [1.54, 1.807) is 7.11 Å². The molecule has 0 aromatic heterocycles. The zero-order chi connectivity index (χ0) is 20.9. The number of amides is 1. The number of fused-ring (bicyclic) bond motifs is 1. The van der Waals surface area contributed by atoms with Crippen LogP contribution in [0.5, 0.6) is 5.75 Å². The number of carbonyl (C=O) groups is 1. The summed E-state index contributed by atoms with van der Waals surface area (Å²) in [6.07, 6.45) is 3.66. The molecule has 2 N–H and O–H groups in total. The van der Waals surface area contributed by atoms with E-state index < -0.39 is 0 Å². The van der Waals surface area contributed by atoms with Crippen molar-refractivity contribution in [3.05, 3.63) is 66.2 Å². The number of ether oxygens (including phenoxy) is 1. The van der Waals surface area contributed by atoms with E-state index in [0.29, 0.717) is 11.3 Å². The quantitative estimate of drug-likeness (QED) is 0.585. The molecule has 0 radical (unpaired) electrons. The third kappa shape index (κ3) is 4.39. The summed E-state index contributed by atoms with van der Waals surface area (Å²) in [6, 6.07) is 19.6. The number of carbonyl (C=O) groups excluding carboxylic acids is 1. The van der Waals surface area contributed by atoms with Gasteiger partial charge in [-0.25, -0.2) is 0 Å². The Bertz CT molecular complexity index is 1080. The van der Waals surface area contributed by atoms with Gasteiger partial charge in [0.2, 0.25) is 0 Å². The van der Waals surface area contributed by atoms with Crippen molar-refractivity contribution < 1.29 is 9.53 Å². The summed E-state index contributed by atoms with van der Waals surface area (Å²) in [7, 11) is 1.56. The maximum atomic E-state index is 12.9. The van der Waals surface area contributed by atoms with Gasteiger partial charge in [-0.15, -0.1) is 0 Å². The molecule has 5 nitrogen and oxygen atoms in total. The summed E-state index contributed by atoms with van der Waals surface area (Å²) < 4.78 is 5.44. The van der Waals surface area contributed by atoms with Crippen LogP contribution in [0.2, 0.25) is 0 Å². The van der Waals surface area contributed by atoms with Crippen LogP contribution in [0.3, 0.4) is 0 Å². The highest BCUT2D eigenvalue weighted by Crippen LogP contribution is 2.29. The van der Waals surface area contributed by atoms with E-state index >= 15 is 0 Å². The van der Waals surface area contributed by atoms with Gasteiger partial charge in [-0.2, -0.15) is 0 Å². The number of hydrogen-bond acceptors (Lipinski definition) is 4. The highest BCUT2D eigenvalue weighted by Gasteiger charge is 2.17. The van der Waals surface area contributed by atoms with Gasteiger partial charge in [-0.05, 0) is 66.5 Å². The van der Waals surface area contributed by atoms with Crippen LogP contribution in [0.15, 0.2) is 60.7 Å². The van der Waals surface area contributed by atoms with Crippen molar-refractivity contribution in [2.45, 2.75) is 19.3 Å². The van der Waals surface area contributed by atoms with Crippen LogP contribution < -0.4 is 20.3 Å². The lowest BCUT2D eigenvalue weighted by Crippen LogP contribution is -2.35. The molecule has 4 rings (SSSR count). The molecule has 1 amide bonds. The molecule has 154 valence electrons. The number of methoxy groups -OCH3 is 1. The number of anilines is 2. The fraction of sp³-hybridized carbons (Fsp3) is 0.250. The van der Waals surface area contributed by atoms with Crippen LogP contribution >= 0.6 is 12.2 Å². The van der Waals surface area contributed by atoms with E-state index in [1.165, 1.54) is 19.3 Å². The Morgan fingerprint density at radius 2 is 1.63 bits per heavy atom. The Morgan fingerprint density at radius 3 is 2.37 bits per heavy atom. The Morgan fingerprint density at radius 1 is 0.967 bits per heavy atom. The van der Waals surface area contributed by atoms with E-state index in [4.69, 9.17) is 17.0 Å². The first-order valence-corrected chi connectivity index (χ1v) is 10.6. The van der Waals surface area contributed by atoms with Crippen molar-refractivity contribution in [1.29, 1.82) is 0 Å². The summed E-state index contributed by atoms with van der Waals surface area (Å²) in [6.45, 7) is 2.07. The summed E-state index contributed by atoms with van der Waals surface area (Å²) in [5, 5.41) is 8.25. The van der Waals surface area contributed by atoms with Gasteiger partial charge in [0.25, 0.3) is 5.91 Å². The molecule has 3 aromatic rings. The molecular formula is C24H25N3O2S. The SMILES string of the molecule is COc1cc2ccccc2cc1C(=O)NC(=S)Nc1ccccc1N1CCCCC1. The van der Waals surface area contributed by atoms with Gasteiger partial charge < -0.3 is 15.0 Å². The number of nitrogens with one attached hydrogen (secondary N) is 2. The molecule has 1 saturated heterocycles. The second-order valence-corrected chi connectivity index (χ2v) is 7.78. The zero-order valence-corrected chi connectivity index (χ0v) is 17.8. The maximum Gasteiger partial charge on any atom is 0.261 e. The summed E-state index contributed by atoms with van der Waals surface area (Å²) in [4.78, 5) is 15.3. The van der Waals surface area contributed by atoms with E-state index in [-0.39, 0.29) is 11.0 Å². The van der Waals surface area contributed by atoms with Crippen LogP contribution in [0.4, 0.5) is 11.4 Å². The monoisotopic (exact) mass is 419 g/mol. The molecule has 6 heteroatoms.